The number of carbonyl (C=O) groups excluding carboxylic acids is 1. The minimum atomic E-state index is -0.184. The van der Waals surface area contributed by atoms with Crippen LogP contribution in [0.25, 0.3) is 11.0 Å². The number of rotatable bonds is 4. The van der Waals surface area contributed by atoms with Crippen LogP contribution >= 0.6 is 0 Å². The molecular formula is C19H21N5O. The highest BCUT2D eigenvalue weighted by Crippen LogP contribution is 2.27. The van der Waals surface area contributed by atoms with Gasteiger partial charge in [0.15, 0.2) is 0 Å². The third kappa shape index (κ3) is 2.84. The first-order chi connectivity index (χ1) is 12.1. The molecule has 6 heteroatoms. The van der Waals surface area contributed by atoms with Gasteiger partial charge >= 0.3 is 0 Å². The molecule has 1 aliphatic rings. The Bertz CT molecular complexity index is 905. The van der Waals surface area contributed by atoms with Crippen LogP contribution in [0.5, 0.6) is 0 Å². The van der Waals surface area contributed by atoms with Crippen molar-refractivity contribution in [3.8, 4) is 0 Å². The molecule has 25 heavy (non-hydrogen) atoms. The summed E-state index contributed by atoms with van der Waals surface area (Å²) in [6.07, 6.45) is 2.66. The molecule has 6 nitrogen and oxygen atoms in total. The van der Waals surface area contributed by atoms with Crippen molar-refractivity contribution in [2.75, 3.05) is 18.5 Å². The number of carbonyl (C=O) groups is 1. The summed E-state index contributed by atoms with van der Waals surface area (Å²) >= 11 is 0. The van der Waals surface area contributed by atoms with Gasteiger partial charge in [0, 0.05) is 26.3 Å². The number of amides is 1. The first kappa shape index (κ1) is 15.6. The van der Waals surface area contributed by atoms with E-state index in [0.29, 0.717) is 12.4 Å². The normalized spacial score (nSPS) is 17.4. The van der Waals surface area contributed by atoms with Crippen LogP contribution in [0.1, 0.15) is 17.8 Å². The first-order valence-electron chi connectivity index (χ1n) is 8.51. The number of nitrogens with one attached hydrogen (secondary N) is 1. The first-order valence-corrected chi connectivity index (χ1v) is 8.51. The van der Waals surface area contributed by atoms with E-state index >= 15 is 0 Å². The van der Waals surface area contributed by atoms with E-state index < -0.39 is 0 Å². The summed E-state index contributed by atoms with van der Waals surface area (Å²) in [5, 5.41) is 0.947. The van der Waals surface area contributed by atoms with E-state index in [2.05, 4.69) is 27.1 Å². The van der Waals surface area contributed by atoms with E-state index in [9.17, 15) is 4.79 Å². The van der Waals surface area contributed by atoms with Gasteiger partial charge in [0.1, 0.15) is 23.3 Å². The number of nitrogens with zero attached hydrogens (tertiary/aromatic N) is 4. The predicted octanol–water partition coefficient (Wildman–Crippen LogP) is 2.50. The van der Waals surface area contributed by atoms with E-state index in [4.69, 9.17) is 0 Å². The molecule has 128 valence electrons. The summed E-state index contributed by atoms with van der Waals surface area (Å²) in [5.41, 5.74) is 1.96. The van der Waals surface area contributed by atoms with E-state index in [0.717, 1.165) is 35.4 Å². The highest BCUT2D eigenvalue weighted by atomic mass is 16.2. The number of likely N-dealkylation sites (tertiary alicyclic amines) is 1. The molecule has 2 aromatic heterocycles. The lowest BCUT2D eigenvalue weighted by Gasteiger charge is -2.25. The van der Waals surface area contributed by atoms with Gasteiger partial charge < -0.3 is 14.8 Å². The zero-order chi connectivity index (χ0) is 17.4. The Kier molecular flexibility index (Phi) is 3.87. The Morgan fingerprint density at radius 3 is 2.84 bits per heavy atom. The Morgan fingerprint density at radius 1 is 1.24 bits per heavy atom. The standard InChI is InChI=1S/C19H21N5O/c1-13-21-17-15(8-10-20-17)18(22-13)23(2)16-9-11-24(19(16)25)12-14-6-4-3-5-7-14/h3-8,10,16H,9,11-12H2,1-2H3,(H,20,21,22). The van der Waals surface area contributed by atoms with Gasteiger partial charge in [-0.1, -0.05) is 30.3 Å². The van der Waals surface area contributed by atoms with Crippen LogP contribution in [0.15, 0.2) is 42.6 Å². The number of benzene rings is 1. The number of aromatic nitrogens is 3. The average Bonchev–Trinajstić information content (AvgIpc) is 3.22. The SMILES string of the molecule is Cc1nc(N(C)C2CCN(Cc3ccccc3)C2=O)c2cc[nH]c2n1. The molecule has 4 rings (SSSR count). The largest absolute Gasteiger partial charge is 0.347 e. The highest BCUT2D eigenvalue weighted by molar-refractivity contribution is 5.92. The molecule has 1 aromatic carbocycles. The second kappa shape index (κ2) is 6.20. The summed E-state index contributed by atoms with van der Waals surface area (Å²) in [7, 11) is 1.95. The number of likely N-dealkylation sites (N-methyl/N-ethyl adjacent to an activating group) is 1. The number of hydrogen-bond acceptors (Lipinski definition) is 4. The molecule has 1 aliphatic heterocycles. The summed E-state index contributed by atoms with van der Waals surface area (Å²) in [6.45, 7) is 3.30. The van der Waals surface area contributed by atoms with E-state index in [1.54, 1.807) is 0 Å². The van der Waals surface area contributed by atoms with Crippen LogP contribution in [0.4, 0.5) is 5.82 Å². The molecule has 3 aromatic rings. The Hall–Kier alpha value is -2.89. The maximum Gasteiger partial charge on any atom is 0.245 e. The van der Waals surface area contributed by atoms with Gasteiger partial charge in [0.05, 0.1) is 5.39 Å². The summed E-state index contributed by atoms with van der Waals surface area (Å²) < 4.78 is 0. The van der Waals surface area contributed by atoms with Crippen LogP contribution in [0.3, 0.4) is 0 Å². The molecule has 1 amide bonds. The zero-order valence-corrected chi connectivity index (χ0v) is 14.4. The van der Waals surface area contributed by atoms with Gasteiger partial charge in [-0.2, -0.15) is 0 Å². The number of hydrogen-bond donors (Lipinski definition) is 1. The van der Waals surface area contributed by atoms with Crippen LogP contribution in [0, 0.1) is 6.92 Å². The third-order valence-electron chi connectivity index (χ3n) is 4.79. The molecule has 0 spiro atoms. The number of aromatic amines is 1. The number of anilines is 1. The quantitative estimate of drug-likeness (QED) is 0.796. The fraction of sp³-hybridized carbons (Fsp3) is 0.316. The molecule has 1 N–H and O–H groups in total. The van der Waals surface area contributed by atoms with Crippen LogP contribution in [-0.4, -0.2) is 45.4 Å². The van der Waals surface area contributed by atoms with Gasteiger partial charge in [0.2, 0.25) is 5.91 Å². The average molecular weight is 335 g/mol. The van der Waals surface area contributed by atoms with Crippen molar-refractivity contribution in [2.45, 2.75) is 25.9 Å². The topological polar surface area (TPSA) is 65.1 Å². The molecular weight excluding hydrogens is 314 g/mol. The number of fused-ring (bicyclic) bond motifs is 1. The molecule has 0 saturated carbocycles. The lowest BCUT2D eigenvalue weighted by atomic mass is 10.2. The maximum atomic E-state index is 12.9. The Balaban J connectivity index is 1.57. The number of aryl methyl sites for hydroxylation is 1. The van der Waals surface area contributed by atoms with Crippen molar-refractivity contribution in [1.82, 2.24) is 19.9 Å². The van der Waals surface area contributed by atoms with E-state index in [1.807, 2.05) is 54.2 Å². The minimum Gasteiger partial charge on any atom is -0.347 e. The minimum absolute atomic E-state index is 0.159. The summed E-state index contributed by atoms with van der Waals surface area (Å²) in [4.78, 5) is 29.0. The molecule has 0 radical (unpaired) electrons. The molecule has 0 aliphatic carbocycles. The second-order valence-corrected chi connectivity index (χ2v) is 6.50. The lowest BCUT2D eigenvalue weighted by molar-refractivity contribution is -0.129. The highest BCUT2D eigenvalue weighted by Gasteiger charge is 2.35. The zero-order valence-electron chi connectivity index (χ0n) is 14.4. The molecule has 0 bridgehead atoms. The third-order valence-corrected chi connectivity index (χ3v) is 4.79. The van der Waals surface area contributed by atoms with Crippen LogP contribution in [-0.2, 0) is 11.3 Å². The van der Waals surface area contributed by atoms with Gasteiger partial charge in [0.25, 0.3) is 0 Å². The molecule has 3 heterocycles. The van der Waals surface area contributed by atoms with Crippen molar-refractivity contribution in [3.05, 3.63) is 54.0 Å². The smallest absolute Gasteiger partial charge is 0.245 e. The molecule has 1 unspecified atom stereocenters. The van der Waals surface area contributed by atoms with Gasteiger partial charge in [-0.3, -0.25) is 4.79 Å². The van der Waals surface area contributed by atoms with Crippen molar-refractivity contribution in [1.29, 1.82) is 0 Å². The van der Waals surface area contributed by atoms with Crippen LogP contribution < -0.4 is 4.90 Å². The van der Waals surface area contributed by atoms with Gasteiger partial charge in [-0.25, -0.2) is 9.97 Å². The summed E-state index contributed by atoms with van der Waals surface area (Å²) in [5.74, 6) is 1.67. The van der Waals surface area contributed by atoms with Gasteiger partial charge in [-0.15, -0.1) is 0 Å². The number of H-pyrrole nitrogens is 1. The van der Waals surface area contributed by atoms with Crippen molar-refractivity contribution < 1.29 is 4.79 Å². The summed E-state index contributed by atoms with van der Waals surface area (Å²) in [6, 6.07) is 11.9. The monoisotopic (exact) mass is 335 g/mol. The second-order valence-electron chi connectivity index (χ2n) is 6.50. The van der Waals surface area contributed by atoms with Crippen molar-refractivity contribution >= 4 is 22.8 Å². The van der Waals surface area contributed by atoms with E-state index in [1.165, 1.54) is 0 Å². The van der Waals surface area contributed by atoms with Crippen molar-refractivity contribution in [3.63, 3.8) is 0 Å². The van der Waals surface area contributed by atoms with E-state index in [-0.39, 0.29) is 11.9 Å². The molecule has 1 saturated heterocycles. The fourth-order valence-electron chi connectivity index (χ4n) is 3.49. The molecule has 1 atom stereocenters. The Morgan fingerprint density at radius 2 is 2.04 bits per heavy atom. The lowest BCUT2D eigenvalue weighted by Crippen LogP contribution is -2.40. The van der Waals surface area contributed by atoms with Crippen molar-refractivity contribution in [2.24, 2.45) is 0 Å². The predicted molar refractivity (Wildman–Crippen MR) is 97.3 cm³/mol. The van der Waals surface area contributed by atoms with Gasteiger partial charge in [-0.05, 0) is 25.0 Å². The fourth-order valence-corrected chi connectivity index (χ4v) is 3.49. The van der Waals surface area contributed by atoms with Crippen LogP contribution in [0.2, 0.25) is 0 Å². The molecule has 1 fully saturated rings. The Labute approximate surface area is 146 Å². The maximum absolute atomic E-state index is 12.9.